The van der Waals surface area contributed by atoms with Crippen LogP contribution in [0.3, 0.4) is 0 Å². The van der Waals surface area contributed by atoms with E-state index in [2.05, 4.69) is 12.8 Å². The molecule has 0 unspecified atom stereocenters. The molecule has 0 atom stereocenters. The van der Waals surface area contributed by atoms with Gasteiger partial charge in [0.25, 0.3) is 0 Å². The van der Waals surface area contributed by atoms with Gasteiger partial charge < -0.3 is 0 Å². The molecule has 0 bridgehead atoms. The Morgan fingerprint density at radius 2 is 2.31 bits per heavy atom. The minimum atomic E-state index is 0.384. The summed E-state index contributed by atoms with van der Waals surface area (Å²) in [6, 6.07) is 5.23. The van der Waals surface area contributed by atoms with Crippen molar-refractivity contribution in [1.82, 2.24) is 0 Å². The molecule has 0 amide bonds. The van der Waals surface area contributed by atoms with Gasteiger partial charge in [0.1, 0.15) is 0 Å². The van der Waals surface area contributed by atoms with Crippen LogP contribution in [0.25, 0.3) is 0 Å². The standard InChI is InChI=1S/C11H9NO/c1-2-4-9-5-3-6-10(8-13)11(9)7-12/h2-3,5-6,12H,1,4H2. The van der Waals surface area contributed by atoms with Crippen molar-refractivity contribution in [2.45, 2.75) is 6.42 Å². The van der Waals surface area contributed by atoms with Crippen LogP contribution in [0.15, 0.2) is 30.9 Å². The highest BCUT2D eigenvalue weighted by Crippen LogP contribution is 2.11. The lowest BCUT2D eigenvalue weighted by atomic mass is 10.0. The monoisotopic (exact) mass is 171 g/mol. The van der Waals surface area contributed by atoms with Crippen LogP contribution in [0, 0.1) is 5.41 Å². The Morgan fingerprint density at radius 1 is 1.54 bits per heavy atom. The highest BCUT2D eigenvalue weighted by atomic mass is 16.1. The minimum absolute atomic E-state index is 0.384. The van der Waals surface area contributed by atoms with Crippen LogP contribution in [0.5, 0.6) is 0 Å². The first-order valence-corrected chi connectivity index (χ1v) is 3.87. The van der Waals surface area contributed by atoms with E-state index < -0.39 is 0 Å². The van der Waals surface area contributed by atoms with E-state index in [1.165, 1.54) is 0 Å². The quantitative estimate of drug-likeness (QED) is 0.544. The molecule has 0 fully saturated rings. The Morgan fingerprint density at radius 3 is 2.85 bits per heavy atom. The molecule has 2 nitrogen and oxygen atoms in total. The molecule has 0 aromatic heterocycles. The maximum atomic E-state index is 10.5. The van der Waals surface area contributed by atoms with Crippen molar-refractivity contribution in [3.05, 3.63) is 47.5 Å². The summed E-state index contributed by atoms with van der Waals surface area (Å²) in [5, 5.41) is 7.04. The van der Waals surface area contributed by atoms with Crippen LogP contribution >= 0.6 is 0 Å². The van der Waals surface area contributed by atoms with E-state index in [1.54, 1.807) is 24.5 Å². The first-order chi connectivity index (χ1) is 6.33. The summed E-state index contributed by atoms with van der Waals surface area (Å²) in [7, 11) is 0. The molecule has 1 aromatic carbocycles. The maximum absolute atomic E-state index is 10.5. The number of allylic oxidation sites excluding steroid dienone is 1. The van der Waals surface area contributed by atoms with E-state index in [0.717, 1.165) is 5.56 Å². The lowest BCUT2D eigenvalue weighted by molar-refractivity contribution is 0.562. The molecule has 2 radical (unpaired) electrons. The predicted octanol–water partition coefficient (Wildman–Crippen LogP) is 1.75. The van der Waals surface area contributed by atoms with Gasteiger partial charge >= 0.3 is 0 Å². The van der Waals surface area contributed by atoms with Gasteiger partial charge in [0.2, 0.25) is 6.29 Å². The molecular weight excluding hydrogens is 162 g/mol. The lowest BCUT2D eigenvalue weighted by Gasteiger charge is -2.03. The molecule has 64 valence electrons. The fraction of sp³-hybridized carbons (Fsp3) is 0.0909. The summed E-state index contributed by atoms with van der Waals surface area (Å²) in [4.78, 5) is 10.5. The fourth-order valence-electron chi connectivity index (χ4n) is 1.16. The van der Waals surface area contributed by atoms with Gasteiger partial charge in [0.05, 0.1) is 6.21 Å². The Labute approximate surface area is 77.4 Å². The van der Waals surface area contributed by atoms with E-state index in [9.17, 15) is 4.79 Å². The van der Waals surface area contributed by atoms with E-state index in [0.29, 0.717) is 17.5 Å². The smallest absolute Gasteiger partial charge is 0.234 e. The molecule has 1 rings (SSSR count). The number of hydrogen-bond acceptors (Lipinski definition) is 2. The zero-order valence-electron chi connectivity index (χ0n) is 7.13. The number of benzene rings is 1. The Balaban J connectivity index is 3.25. The topological polar surface area (TPSA) is 40.9 Å². The van der Waals surface area contributed by atoms with Gasteiger partial charge in [-0.2, -0.15) is 0 Å². The largest absolute Gasteiger partial charge is 0.298 e. The SMILES string of the molecule is C=CCc1cccc([C]=O)c1[C]=N. The summed E-state index contributed by atoms with van der Waals surface area (Å²) in [6.07, 6.45) is 6.38. The van der Waals surface area contributed by atoms with Gasteiger partial charge in [-0.25, -0.2) is 0 Å². The van der Waals surface area contributed by atoms with Crippen molar-refractivity contribution in [3.8, 4) is 0 Å². The van der Waals surface area contributed by atoms with Crippen LogP contribution in [0.2, 0.25) is 0 Å². The number of hydrogen-bond donors (Lipinski definition) is 1. The summed E-state index contributed by atoms with van der Waals surface area (Å²) in [6.45, 7) is 3.60. The van der Waals surface area contributed by atoms with E-state index in [4.69, 9.17) is 5.41 Å². The molecule has 0 saturated heterocycles. The molecule has 0 heterocycles. The highest BCUT2D eigenvalue weighted by molar-refractivity contribution is 5.92. The van der Waals surface area contributed by atoms with Gasteiger partial charge in [0.15, 0.2) is 0 Å². The van der Waals surface area contributed by atoms with Crippen molar-refractivity contribution in [3.63, 3.8) is 0 Å². The van der Waals surface area contributed by atoms with Crippen molar-refractivity contribution in [1.29, 1.82) is 5.41 Å². The van der Waals surface area contributed by atoms with Crippen LogP contribution in [0.1, 0.15) is 16.7 Å². The average Bonchev–Trinajstić information content (AvgIpc) is 2.18. The van der Waals surface area contributed by atoms with E-state index in [1.807, 2.05) is 6.07 Å². The van der Waals surface area contributed by atoms with E-state index >= 15 is 0 Å². The Hall–Kier alpha value is -1.70. The Kier molecular flexibility index (Phi) is 3.15. The summed E-state index contributed by atoms with van der Waals surface area (Å²) < 4.78 is 0. The lowest BCUT2D eigenvalue weighted by Crippen LogP contribution is -1.97. The van der Waals surface area contributed by atoms with Crippen molar-refractivity contribution in [2.24, 2.45) is 0 Å². The second-order valence-corrected chi connectivity index (χ2v) is 2.56. The molecule has 0 spiro atoms. The molecule has 0 aliphatic rings. The second-order valence-electron chi connectivity index (χ2n) is 2.56. The van der Waals surface area contributed by atoms with Crippen LogP contribution in [-0.2, 0) is 11.2 Å². The van der Waals surface area contributed by atoms with Crippen LogP contribution in [-0.4, -0.2) is 12.5 Å². The third-order valence-corrected chi connectivity index (χ3v) is 1.75. The Bertz CT molecular complexity index is 342. The molecule has 1 aromatic rings. The minimum Gasteiger partial charge on any atom is -0.298 e. The summed E-state index contributed by atoms with van der Waals surface area (Å²) in [5.41, 5.74) is 1.78. The molecule has 13 heavy (non-hydrogen) atoms. The molecule has 1 N–H and O–H groups in total. The first-order valence-electron chi connectivity index (χ1n) is 3.87. The zero-order chi connectivity index (χ0) is 9.68. The number of nitrogens with one attached hydrogen (secondary N) is 1. The highest BCUT2D eigenvalue weighted by Gasteiger charge is 2.04. The van der Waals surface area contributed by atoms with Crippen molar-refractivity contribution in [2.75, 3.05) is 0 Å². The summed E-state index contributed by atoms with van der Waals surface area (Å²) >= 11 is 0. The third kappa shape index (κ3) is 1.90. The number of carbonyl (C=O) groups excluding carboxylic acids is 1. The maximum Gasteiger partial charge on any atom is 0.234 e. The van der Waals surface area contributed by atoms with Crippen molar-refractivity contribution < 1.29 is 4.79 Å². The zero-order valence-corrected chi connectivity index (χ0v) is 7.13. The molecular formula is C11H9NO. The first kappa shape index (κ1) is 9.39. The molecule has 2 heteroatoms. The third-order valence-electron chi connectivity index (χ3n) is 1.75. The predicted molar refractivity (Wildman–Crippen MR) is 52.0 cm³/mol. The second kappa shape index (κ2) is 4.36. The average molecular weight is 171 g/mol. The number of rotatable bonds is 4. The molecule has 0 aliphatic carbocycles. The van der Waals surface area contributed by atoms with Gasteiger partial charge in [-0.3, -0.25) is 10.2 Å². The normalized spacial score (nSPS) is 9.23. The van der Waals surface area contributed by atoms with Gasteiger partial charge in [0, 0.05) is 11.1 Å². The van der Waals surface area contributed by atoms with Crippen LogP contribution in [0.4, 0.5) is 0 Å². The fourth-order valence-corrected chi connectivity index (χ4v) is 1.16. The van der Waals surface area contributed by atoms with E-state index in [-0.39, 0.29) is 0 Å². The summed E-state index contributed by atoms with van der Waals surface area (Å²) in [5.74, 6) is 0. The van der Waals surface area contributed by atoms with Gasteiger partial charge in [-0.15, -0.1) is 6.58 Å². The van der Waals surface area contributed by atoms with Gasteiger partial charge in [-0.05, 0) is 12.0 Å². The molecule has 0 aliphatic heterocycles. The van der Waals surface area contributed by atoms with Gasteiger partial charge in [-0.1, -0.05) is 24.3 Å². The van der Waals surface area contributed by atoms with Crippen LogP contribution < -0.4 is 0 Å². The molecule has 0 saturated carbocycles. The van der Waals surface area contributed by atoms with Crippen molar-refractivity contribution >= 4 is 12.5 Å².